The monoisotopic (exact) mass is 414 g/mol. The Labute approximate surface area is 178 Å². The SMILES string of the molecule is CC(C)(C)n1ncc2c(-c3cccs3)nn(Cc3cccc4ccccc34)c(=O)c21. The van der Waals surface area contributed by atoms with Crippen LogP contribution in [0.4, 0.5) is 0 Å². The molecular formula is C24H22N4OS. The van der Waals surface area contributed by atoms with Crippen molar-refractivity contribution in [2.45, 2.75) is 32.9 Å². The molecule has 0 atom stereocenters. The molecule has 0 saturated heterocycles. The highest BCUT2D eigenvalue weighted by Gasteiger charge is 2.23. The topological polar surface area (TPSA) is 52.7 Å². The van der Waals surface area contributed by atoms with Crippen molar-refractivity contribution < 1.29 is 0 Å². The first-order valence-electron chi connectivity index (χ1n) is 9.93. The van der Waals surface area contributed by atoms with Gasteiger partial charge in [0.15, 0.2) is 0 Å². The fraction of sp³-hybridized carbons (Fsp3) is 0.208. The first-order valence-corrected chi connectivity index (χ1v) is 10.8. The molecule has 2 aromatic carbocycles. The molecule has 6 heteroatoms. The highest BCUT2D eigenvalue weighted by molar-refractivity contribution is 7.13. The lowest BCUT2D eigenvalue weighted by Crippen LogP contribution is -2.30. The highest BCUT2D eigenvalue weighted by atomic mass is 32.1. The number of fused-ring (bicyclic) bond motifs is 2. The van der Waals surface area contributed by atoms with Gasteiger partial charge in [0, 0.05) is 0 Å². The van der Waals surface area contributed by atoms with Crippen molar-refractivity contribution in [1.82, 2.24) is 19.6 Å². The van der Waals surface area contributed by atoms with E-state index in [2.05, 4.69) is 50.1 Å². The molecule has 0 unspecified atom stereocenters. The first-order chi connectivity index (χ1) is 14.4. The maximum absolute atomic E-state index is 13.6. The third-order valence-corrected chi connectivity index (χ3v) is 6.15. The van der Waals surface area contributed by atoms with Crippen LogP contribution in [0, 0.1) is 0 Å². The van der Waals surface area contributed by atoms with Crippen molar-refractivity contribution in [1.29, 1.82) is 0 Å². The molecule has 5 aromatic rings. The van der Waals surface area contributed by atoms with Crippen LogP contribution < -0.4 is 5.56 Å². The van der Waals surface area contributed by atoms with E-state index in [0.717, 1.165) is 32.3 Å². The third kappa shape index (κ3) is 3.04. The van der Waals surface area contributed by atoms with E-state index in [1.165, 1.54) is 0 Å². The summed E-state index contributed by atoms with van der Waals surface area (Å²) < 4.78 is 3.41. The summed E-state index contributed by atoms with van der Waals surface area (Å²) in [5.74, 6) is 0. The number of hydrogen-bond acceptors (Lipinski definition) is 4. The number of nitrogens with zero attached hydrogens (tertiary/aromatic N) is 4. The molecule has 5 rings (SSSR count). The van der Waals surface area contributed by atoms with Gasteiger partial charge in [-0.3, -0.25) is 9.48 Å². The lowest BCUT2D eigenvalue weighted by atomic mass is 10.0. The molecule has 30 heavy (non-hydrogen) atoms. The molecule has 5 nitrogen and oxygen atoms in total. The maximum atomic E-state index is 13.6. The number of benzene rings is 2. The van der Waals surface area contributed by atoms with E-state index in [1.54, 1.807) is 22.2 Å². The highest BCUT2D eigenvalue weighted by Crippen LogP contribution is 2.30. The van der Waals surface area contributed by atoms with Gasteiger partial charge in [-0.05, 0) is 48.6 Å². The van der Waals surface area contributed by atoms with Crippen molar-refractivity contribution in [3.63, 3.8) is 0 Å². The smallest absolute Gasteiger partial charge is 0.265 e. The molecule has 0 N–H and O–H groups in total. The molecule has 0 aliphatic carbocycles. The number of aromatic nitrogens is 4. The Morgan fingerprint density at radius 1 is 0.967 bits per heavy atom. The van der Waals surface area contributed by atoms with Gasteiger partial charge in [0.25, 0.3) is 5.56 Å². The van der Waals surface area contributed by atoms with Crippen LogP contribution in [0.3, 0.4) is 0 Å². The molecular weight excluding hydrogens is 392 g/mol. The third-order valence-electron chi connectivity index (χ3n) is 5.27. The van der Waals surface area contributed by atoms with Crippen LogP contribution in [0.5, 0.6) is 0 Å². The summed E-state index contributed by atoms with van der Waals surface area (Å²) in [6.45, 7) is 6.57. The van der Waals surface area contributed by atoms with E-state index in [0.29, 0.717) is 12.1 Å². The zero-order valence-corrected chi connectivity index (χ0v) is 18.0. The molecule has 0 spiro atoms. The molecule has 0 bridgehead atoms. The van der Waals surface area contributed by atoms with Crippen molar-refractivity contribution in [3.05, 3.63) is 82.1 Å². The van der Waals surface area contributed by atoms with Crippen molar-refractivity contribution in [3.8, 4) is 10.6 Å². The minimum atomic E-state index is -0.313. The summed E-state index contributed by atoms with van der Waals surface area (Å²) in [5.41, 5.74) is 2.04. The fourth-order valence-electron chi connectivity index (χ4n) is 3.87. The van der Waals surface area contributed by atoms with Crippen LogP contribution in [0.1, 0.15) is 26.3 Å². The van der Waals surface area contributed by atoms with Gasteiger partial charge in [-0.1, -0.05) is 48.5 Å². The molecule has 0 saturated carbocycles. The molecule has 0 amide bonds. The maximum Gasteiger partial charge on any atom is 0.293 e. The Bertz CT molecular complexity index is 1420. The van der Waals surface area contributed by atoms with Gasteiger partial charge in [-0.15, -0.1) is 11.3 Å². The largest absolute Gasteiger partial charge is 0.293 e. The fourth-order valence-corrected chi connectivity index (χ4v) is 4.60. The molecule has 150 valence electrons. The summed E-state index contributed by atoms with van der Waals surface area (Å²) in [4.78, 5) is 14.6. The average Bonchev–Trinajstić information content (AvgIpc) is 3.40. The standard InChI is InChI=1S/C24H22N4OS/c1-24(2,3)28-22-19(14-25-28)21(20-12-7-13-30-20)26-27(23(22)29)15-17-10-6-9-16-8-4-5-11-18(16)17/h4-14H,15H2,1-3H3. The second-order valence-electron chi connectivity index (χ2n) is 8.42. The normalized spacial score (nSPS) is 12.1. The van der Waals surface area contributed by atoms with Crippen LogP contribution in [0.15, 0.2) is 71.0 Å². The molecule has 3 heterocycles. The van der Waals surface area contributed by atoms with Crippen LogP contribution in [0.25, 0.3) is 32.2 Å². The van der Waals surface area contributed by atoms with Crippen LogP contribution in [0.2, 0.25) is 0 Å². The van der Waals surface area contributed by atoms with E-state index in [1.807, 2.05) is 40.4 Å². The lowest BCUT2D eigenvalue weighted by Gasteiger charge is -2.20. The predicted octanol–water partition coefficient (Wildman–Crippen LogP) is 5.28. The van der Waals surface area contributed by atoms with Crippen molar-refractivity contribution in [2.24, 2.45) is 0 Å². The summed E-state index contributed by atoms with van der Waals surface area (Å²) >= 11 is 1.62. The summed E-state index contributed by atoms with van der Waals surface area (Å²) in [5, 5.41) is 14.5. The van der Waals surface area contributed by atoms with E-state index in [4.69, 9.17) is 5.10 Å². The minimum absolute atomic E-state index is 0.120. The molecule has 0 radical (unpaired) electrons. The van der Waals surface area contributed by atoms with Gasteiger partial charge >= 0.3 is 0 Å². The van der Waals surface area contributed by atoms with E-state index >= 15 is 0 Å². The Kier molecular flexibility index (Phi) is 4.33. The van der Waals surface area contributed by atoms with Crippen LogP contribution in [-0.2, 0) is 12.1 Å². The first kappa shape index (κ1) is 18.8. The second kappa shape index (κ2) is 6.92. The van der Waals surface area contributed by atoms with Crippen LogP contribution >= 0.6 is 11.3 Å². The summed E-state index contributed by atoms with van der Waals surface area (Å²) in [7, 11) is 0. The van der Waals surface area contributed by atoms with Crippen molar-refractivity contribution in [2.75, 3.05) is 0 Å². The van der Waals surface area contributed by atoms with E-state index < -0.39 is 0 Å². The minimum Gasteiger partial charge on any atom is -0.265 e. The van der Waals surface area contributed by atoms with E-state index in [-0.39, 0.29) is 11.1 Å². The quantitative estimate of drug-likeness (QED) is 0.404. The Morgan fingerprint density at radius 2 is 1.77 bits per heavy atom. The van der Waals surface area contributed by atoms with Crippen LogP contribution in [-0.4, -0.2) is 19.6 Å². The van der Waals surface area contributed by atoms with Gasteiger partial charge in [-0.25, -0.2) is 4.68 Å². The molecule has 0 fully saturated rings. The second-order valence-corrected chi connectivity index (χ2v) is 9.36. The molecule has 0 aliphatic rings. The number of hydrogen-bond donors (Lipinski definition) is 0. The van der Waals surface area contributed by atoms with Gasteiger partial charge in [0.1, 0.15) is 11.2 Å². The van der Waals surface area contributed by atoms with Crippen molar-refractivity contribution >= 4 is 33.0 Å². The lowest BCUT2D eigenvalue weighted by molar-refractivity contribution is 0.366. The zero-order chi connectivity index (χ0) is 20.9. The zero-order valence-electron chi connectivity index (χ0n) is 17.2. The summed E-state index contributed by atoms with van der Waals surface area (Å²) in [6.07, 6.45) is 1.77. The Hall–Kier alpha value is -3.25. The number of rotatable bonds is 3. The predicted molar refractivity (Wildman–Crippen MR) is 123 cm³/mol. The number of thiophene rings is 1. The summed E-state index contributed by atoms with van der Waals surface area (Å²) in [6, 6.07) is 18.4. The van der Waals surface area contributed by atoms with Gasteiger partial charge in [0.2, 0.25) is 0 Å². The Morgan fingerprint density at radius 3 is 2.53 bits per heavy atom. The van der Waals surface area contributed by atoms with Gasteiger partial charge in [0.05, 0.1) is 28.5 Å². The van der Waals surface area contributed by atoms with Gasteiger partial charge < -0.3 is 0 Å². The van der Waals surface area contributed by atoms with Gasteiger partial charge in [-0.2, -0.15) is 10.2 Å². The molecule has 3 aromatic heterocycles. The average molecular weight is 415 g/mol. The van der Waals surface area contributed by atoms with E-state index in [9.17, 15) is 4.79 Å². The molecule has 0 aliphatic heterocycles. The Balaban J connectivity index is 1.78.